The second-order valence-electron chi connectivity index (χ2n) is 3.67. The number of nitrogen functional groups attached to an aromatic ring is 1. The van der Waals surface area contributed by atoms with Crippen LogP contribution >= 0.6 is 0 Å². The zero-order valence-corrected chi connectivity index (χ0v) is 9.36. The lowest BCUT2D eigenvalue weighted by Gasteiger charge is -2.10. The number of hydrogen-bond acceptors (Lipinski definition) is 3. The van der Waals surface area contributed by atoms with E-state index in [1.165, 1.54) is 0 Å². The molecule has 0 saturated carbocycles. The lowest BCUT2D eigenvalue weighted by atomic mass is 10.0. The Morgan fingerprint density at radius 3 is 2.80 bits per heavy atom. The Morgan fingerprint density at radius 2 is 2.20 bits per heavy atom. The number of aryl methyl sites for hydroxylation is 1. The molecule has 3 heteroatoms. The molecule has 3 N–H and O–H groups in total. The van der Waals surface area contributed by atoms with Crippen molar-refractivity contribution in [3.63, 3.8) is 0 Å². The molecular weight excluding hydrogens is 190 g/mol. The Morgan fingerprint density at radius 1 is 1.47 bits per heavy atom. The zero-order chi connectivity index (χ0) is 11.3. The Kier molecular flexibility index (Phi) is 4.43. The molecule has 15 heavy (non-hydrogen) atoms. The molecule has 0 spiro atoms. The molecule has 0 saturated heterocycles. The van der Waals surface area contributed by atoms with Gasteiger partial charge in [0.05, 0.1) is 13.2 Å². The molecule has 1 atom stereocenters. The summed E-state index contributed by atoms with van der Waals surface area (Å²) in [5.74, 6) is 0.810. The summed E-state index contributed by atoms with van der Waals surface area (Å²) in [6.45, 7) is 1.97. The van der Waals surface area contributed by atoms with Crippen molar-refractivity contribution in [2.75, 3.05) is 12.8 Å². The van der Waals surface area contributed by atoms with Gasteiger partial charge in [0.2, 0.25) is 0 Å². The van der Waals surface area contributed by atoms with Gasteiger partial charge in [0.1, 0.15) is 5.75 Å². The van der Waals surface area contributed by atoms with Crippen LogP contribution in [0.2, 0.25) is 0 Å². The lowest BCUT2D eigenvalue weighted by Crippen LogP contribution is -2.07. The summed E-state index contributed by atoms with van der Waals surface area (Å²) in [4.78, 5) is 0. The smallest absolute Gasteiger partial charge is 0.119 e. The number of rotatable bonds is 5. The van der Waals surface area contributed by atoms with Crippen LogP contribution < -0.4 is 10.5 Å². The number of hydrogen-bond donors (Lipinski definition) is 2. The van der Waals surface area contributed by atoms with E-state index >= 15 is 0 Å². The largest absolute Gasteiger partial charge is 0.497 e. The molecule has 1 unspecified atom stereocenters. The molecular formula is C12H19NO2. The number of aliphatic hydroxyl groups is 1. The normalized spacial score (nSPS) is 12.5. The number of ether oxygens (including phenoxy) is 1. The molecule has 0 aromatic heterocycles. The van der Waals surface area contributed by atoms with E-state index in [2.05, 4.69) is 0 Å². The van der Waals surface area contributed by atoms with Gasteiger partial charge in [-0.2, -0.15) is 0 Å². The van der Waals surface area contributed by atoms with Crippen LogP contribution in [0.25, 0.3) is 0 Å². The van der Waals surface area contributed by atoms with Crippen molar-refractivity contribution < 1.29 is 9.84 Å². The van der Waals surface area contributed by atoms with Gasteiger partial charge in [-0.05, 0) is 43.0 Å². The van der Waals surface area contributed by atoms with Crippen LogP contribution in [0, 0.1) is 0 Å². The van der Waals surface area contributed by atoms with Gasteiger partial charge < -0.3 is 15.6 Å². The van der Waals surface area contributed by atoms with E-state index in [0.717, 1.165) is 36.3 Å². The van der Waals surface area contributed by atoms with Crippen molar-refractivity contribution in [2.45, 2.75) is 32.3 Å². The topological polar surface area (TPSA) is 55.5 Å². The van der Waals surface area contributed by atoms with Gasteiger partial charge in [0.15, 0.2) is 0 Å². The standard InChI is InChI=1S/C12H19NO2/c1-3-10(14)5-4-9-8-11(15-2)6-7-12(9)13/h6-8,10,14H,3-5,13H2,1-2H3. The second kappa shape index (κ2) is 5.61. The maximum absolute atomic E-state index is 9.46. The van der Waals surface area contributed by atoms with Crippen molar-refractivity contribution in [3.8, 4) is 5.75 Å². The van der Waals surface area contributed by atoms with Gasteiger partial charge >= 0.3 is 0 Å². The van der Waals surface area contributed by atoms with Gasteiger partial charge in [-0.25, -0.2) is 0 Å². The Balaban J connectivity index is 2.66. The monoisotopic (exact) mass is 209 g/mol. The minimum atomic E-state index is -0.240. The first-order valence-electron chi connectivity index (χ1n) is 5.27. The molecule has 3 nitrogen and oxygen atoms in total. The number of benzene rings is 1. The minimum absolute atomic E-state index is 0.240. The van der Waals surface area contributed by atoms with Gasteiger partial charge in [-0.1, -0.05) is 6.92 Å². The first-order valence-corrected chi connectivity index (χ1v) is 5.27. The van der Waals surface area contributed by atoms with Crippen LogP contribution in [0.5, 0.6) is 5.75 Å². The van der Waals surface area contributed by atoms with Crippen LogP contribution in [-0.4, -0.2) is 18.3 Å². The predicted molar refractivity (Wildman–Crippen MR) is 62.0 cm³/mol. The Labute approximate surface area is 90.9 Å². The molecule has 1 aromatic rings. The lowest BCUT2D eigenvalue weighted by molar-refractivity contribution is 0.160. The number of aliphatic hydroxyl groups excluding tert-OH is 1. The van der Waals surface area contributed by atoms with Crippen molar-refractivity contribution in [1.29, 1.82) is 0 Å². The van der Waals surface area contributed by atoms with Crippen molar-refractivity contribution in [3.05, 3.63) is 23.8 Å². The SMILES string of the molecule is CCC(O)CCc1cc(OC)ccc1N. The molecule has 0 aliphatic heterocycles. The molecule has 0 aliphatic carbocycles. The molecule has 0 amide bonds. The highest BCUT2D eigenvalue weighted by molar-refractivity contribution is 5.50. The molecule has 84 valence electrons. The summed E-state index contributed by atoms with van der Waals surface area (Å²) in [5.41, 5.74) is 7.64. The van der Waals surface area contributed by atoms with Crippen molar-refractivity contribution >= 4 is 5.69 Å². The fraction of sp³-hybridized carbons (Fsp3) is 0.500. The summed E-state index contributed by atoms with van der Waals surface area (Å²) in [5, 5.41) is 9.46. The molecule has 0 heterocycles. The van der Waals surface area contributed by atoms with E-state index in [9.17, 15) is 5.11 Å². The average molecular weight is 209 g/mol. The maximum atomic E-state index is 9.46. The van der Waals surface area contributed by atoms with Crippen LogP contribution in [0.4, 0.5) is 5.69 Å². The van der Waals surface area contributed by atoms with Gasteiger partial charge in [-0.15, -0.1) is 0 Å². The summed E-state index contributed by atoms with van der Waals surface area (Å²) < 4.78 is 5.12. The van der Waals surface area contributed by atoms with Crippen LogP contribution in [-0.2, 0) is 6.42 Å². The third-order valence-electron chi connectivity index (χ3n) is 2.57. The van der Waals surface area contributed by atoms with Crippen LogP contribution in [0.15, 0.2) is 18.2 Å². The van der Waals surface area contributed by atoms with E-state index in [0.29, 0.717) is 0 Å². The number of methoxy groups -OCH3 is 1. The summed E-state index contributed by atoms with van der Waals surface area (Å²) in [6, 6.07) is 5.61. The maximum Gasteiger partial charge on any atom is 0.119 e. The predicted octanol–water partition coefficient (Wildman–Crippen LogP) is 1.98. The van der Waals surface area contributed by atoms with Gasteiger partial charge in [0.25, 0.3) is 0 Å². The van der Waals surface area contributed by atoms with Crippen molar-refractivity contribution in [1.82, 2.24) is 0 Å². The highest BCUT2D eigenvalue weighted by atomic mass is 16.5. The Bertz CT molecular complexity index is 312. The molecule has 0 fully saturated rings. The third kappa shape index (κ3) is 3.44. The van der Waals surface area contributed by atoms with E-state index in [-0.39, 0.29) is 6.10 Å². The fourth-order valence-electron chi connectivity index (χ4n) is 1.45. The first-order chi connectivity index (χ1) is 7.17. The molecule has 0 radical (unpaired) electrons. The summed E-state index contributed by atoms with van der Waals surface area (Å²) in [6.07, 6.45) is 2.08. The first kappa shape index (κ1) is 11.9. The van der Waals surface area contributed by atoms with E-state index < -0.39 is 0 Å². The van der Waals surface area contributed by atoms with Crippen LogP contribution in [0.1, 0.15) is 25.3 Å². The molecule has 1 aromatic carbocycles. The third-order valence-corrected chi connectivity index (χ3v) is 2.57. The summed E-state index contributed by atoms with van der Waals surface area (Å²) >= 11 is 0. The number of anilines is 1. The highest BCUT2D eigenvalue weighted by Crippen LogP contribution is 2.21. The van der Waals surface area contributed by atoms with E-state index in [1.807, 2.05) is 25.1 Å². The molecule has 1 rings (SSSR count). The minimum Gasteiger partial charge on any atom is -0.497 e. The average Bonchev–Trinajstić information content (AvgIpc) is 2.27. The molecule has 0 bridgehead atoms. The Hall–Kier alpha value is -1.22. The quantitative estimate of drug-likeness (QED) is 0.729. The van der Waals surface area contributed by atoms with Crippen molar-refractivity contribution in [2.24, 2.45) is 0 Å². The van der Waals surface area contributed by atoms with Crippen LogP contribution in [0.3, 0.4) is 0 Å². The van der Waals surface area contributed by atoms with Gasteiger partial charge in [0, 0.05) is 5.69 Å². The fourth-order valence-corrected chi connectivity index (χ4v) is 1.45. The number of nitrogens with two attached hydrogens (primary N) is 1. The molecule has 0 aliphatic rings. The highest BCUT2D eigenvalue weighted by Gasteiger charge is 2.05. The zero-order valence-electron chi connectivity index (χ0n) is 9.36. The van der Waals surface area contributed by atoms with E-state index in [4.69, 9.17) is 10.5 Å². The second-order valence-corrected chi connectivity index (χ2v) is 3.67. The van der Waals surface area contributed by atoms with Gasteiger partial charge in [-0.3, -0.25) is 0 Å². The van der Waals surface area contributed by atoms with E-state index in [1.54, 1.807) is 7.11 Å². The summed E-state index contributed by atoms with van der Waals surface area (Å²) in [7, 11) is 1.64.